The molecule has 21 heavy (non-hydrogen) atoms. The highest BCUT2D eigenvalue weighted by Crippen LogP contribution is 2.30. The first-order valence-corrected chi connectivity index (χ1v) is 7.31. The van der Waals surface area contributed by atoms with Gasteiger partial charge in [-0.25, -0.2) is 4.98 Å². The summed E-state index contributed by atoms with van der Waals surface area (Å²) in [6.45, 7) is 5.84. The van der Waals surface area contributed by atoms with Crippen molar-refractivity contribution in [2.24, 2.45) is 0 Å². The maximum absolute atomic E-state index is 12.7. The van der Waals surface area contributed by atoms with E-state index in [-0.39, 0.29) is 11.5 Å². The summed E-state index contributed by atoms with van der Waals surface area (Å²) >= 11 is 1.51. The number of hydrogen-bond donors (Lipinski definition) is 1. The average molecular weight is 299 g/mol. The Morgan fingerprint density at radius 1 is 1.43 bits per heavy atom. The average Bonchev–Trinajstić information content (AvgIpc) is 3.03. The lowest BCUT2D eigenvalue weighted by Gasteiger charge is -2.11. The first-order chi connectivity index (χ1) is 10.0. The highest BCUT2D eigenvalue weighted by atomic mass is 32.1. The normalized spacial score (nSPS) is 11.2. The van der Waals surface area contributed by atoms with Crippen molar-refractivity contribution >= 4 is 17.0 Å². The molecule has 3 aromatic heterocycles. The second-order valence-electron chi connectivity index (χ2n) is 5.05. The lowest BCUT2D eigenvalue weighted by molar-refractivity contribution is 0.798. The van der Waals surface area contributed by atoms with Gasteiger partial charge in [-0.05, 0) is 12.8 Å². The maximum Gasteiger partial charge on any atom is 0.278 e. The van der Waals surface area contributed by atoms with Crippen LogP contribution in [0.4, 0.5) is 0 Å². The molecule has 3 heterocycles. The van der Waals surface area contributed by atoms with Crippen LogP contribution >= 0.6 is 11.3 Å². The van der Waals surface area contributed by atoms with E-state index in [1.165, 1.54) is 22.0 Å². The maximum atomic E-state index is 12.7. The highest BCUT2D eigenvalue weighted by Gasteiger charge is 2.20. The van der Waals surface area contributed by atoms with E-state index < -0.39 is 0 Å². The van der Waals surface area contributed by atoms with Gasteiger partial charge < -0.3 is 4.98 Å². The summed E-state index contributed by atoms with van der Waals surface area (Å²) in [6.07, 6.45) is 3.15. The number of nitrogens with zero attached hydrogens (tertiary/aromatic N) is 4. The lowest BCUT2D eigenvalue weighted by Crippen LogP contribution is -2.22. The van der Waals surface area contributed by atoms with Gasteiger partial charge in [-0.1, -0.05) is 13.8 Å². The van der Waals surface area contributed by atoms with Crippen molar-refractivity contribution in [1.29, 1.82) is 5.26 Å². The Balaban J connectivity index is 2.44. The van der Waals surface area contributed by atoms with Crippen LogP contribution in [0.15, 0.2) is 17.2 Å². The number of nitrogens with one attached hydrogen (secondary N) is 1. The minimum Gasteiger partial charge on any atom is -0.337 e. The number of rotatable bonds is 2. The number of hydrogen-bond acceptors (Lipinski definition) is 5. The summed E-state index contributed by atoms with van der Waals surface area (Å²) in [4.78, 5) is 21.0. The van der Waals surface area contributed by atoms with Crippen LogP contribution in [0.2, 0.25) is 0 Å². The molecule has 0 unspecified atom stereocenters. The predicted molar refractivity (Wildman–Crippen MR) is 80.5 cm³/mol. The molecule has 3 aromatic rings. The number of thiazole rings is 1. The van der Waals surface area contributed by atoms with Crippen molar-refractivity contribution < 1.29 is 0 Å². The van der Waals surface area contributed by atoms with Crippen molar-refractivity contribution in [3.63, 3.8) is 0 Å². The van der Waals surface area contributed by atoms with Crippen LogP contribution in [0.25, 0.3) is 16.2 Å². The van der Waals surface area contributed by atoms with Crippen LogP contribution in [-0.4, -0.2) is 19.6 Å². The molecule has 0 spiro atoms. The second kappa shape index (κ2) is 4.82. The molecule has 0 saturated carbocycles. The van der Waals surface area contributed by atoms with Crippen LogP contribution < -0.4 is 5.56 Å². The van der Waals surface area contributed by atoms with Crippen LogP contribution in [0.1, 0.15) is 35.9 Å². The SMILES string of the molecule is Cc1ncc(-c2[nH]c3c(C#N)cnn3c(=O)c2C(C)C)s1. The first-order valence-electron chi connectivity index (χ1n) is 6.49. The van der Waals surface area contributed by atoms with Gasteiger partial charge >= 0.3 is 0 Å². The predicted octanol–water partition coefficient (Wildman–Crippen LogP) is 2.45. The fraction of sp³-hybridized carbons (Fsp3) is 0.286. The van der Waals surface area contributed by atoms with Gasteiger partial charge in [0.25, 0.3) is 5.56 Å². The fourth-order valence-corrected chi connectivity index (χ4v) is 3.11. The summed E-state index contributed by atoms with van der Waals surface area (Å²) in [6, 6.07) is 2.04. The van der Waals surface area contributed by atoms with Gasteiger partial charge in [-0.15, -0.1) is 11.3 Å². The Bertz CT molecular complexity index is 925. The van der Waals surface area contributed by atoms with E-state index >= 15 is 0 Å². The summed E-state index contributed by atoms with van der Waals surface area (Å²) in [5.74, 6) is 0.0327. The largest absolute Gasteiger partial charge is 0.337 e. The number of fused-ring (bicyclic) bond motifs is 1. The summed E-state index contributed by atoms with van der Waals surface area (Å²) < 4.78 is 1.26. The molecule has 0 atom stereocenters. The molecule has 3 rings (SSSR count). The van der Waals surface area contributed by atoms with Crippen LogP contribution in [0.3, 0.4) is 0 Å². The standard InChI is InChI=1S/C14H13N5OS/c1-7(2)11-12(10-6-16-8(3)21-10)18-13-9(4-15)5-17-19(13)14(11)20/h5-7,18H,1-3H3. The number of aromatic amines is 1. The van der Waals surface area contributed by atoms with Crippen molar-refractivity contribution in [2.75, 3.05) is 0 Å². The Kier molecular flexibility index (Phi) is 3.11. The van der Waals surface area contributed by atoms with Gasteiger partial charge in [0, 0.05) is 11.8 Å². The molecule has 106 valence electrons. The fourth-order valence-electron chi connectivity index (χ4n) is 2.32. The van der Waals surface area contributed by atoms with Gasteiger partial charge in [-0.3, -0.25) is 4.79 Å². The summed E-state index contributed by atoms with van der Waals surface area (Å²) in [7, 11) is 0. The number of nitriles is 1. The second-order valence-corrected chi connectivity index (χ2v) is 6.28. The molecular weight excluding hydrogens is 286 g/mol. The number of aromatic nitrogens is 4. The summed E-state index contributed by atoms with van der Waals surface area (Å²) in [5.41, 5.74) is 1.96. The van der Waals surface area contributed by atoms with Gasteiger partial charge in [0.15, 0.2) is 5.65 Å². The highest BCUT2D eigenvalue weighted by molar-refractivity contribution is 7.15. The molecule has 7 heteroatoms. The molecule has 0 aliphatic carbocycles. The zero-order chi connectivity index (χ0) is 15.1. The minimum atomic E-state index is -0.193. The van der Waals surface area contributed by atoms with Crippen LogP contribution in [0.5, 0.6) is 0 Å². The molecule has 6 nitrogen and oxygen atoms in total. The van der Waals surface area contributed by atoms with E-state index in [1.54, 1.807) is 6.20 Å². The molecular formula is C14H13N5OS. The number of aryl methyl sites for hydroxylation is 1. The van der Waals surface area contributed by atoms with Crippen molar-refractivity contribution in [3.8, 4) is 16.6 Å². The Morgan fingerprint density at radius 3 is 2.76 bits per heavy atom. The van der Waals surface area contributed by atoms with E-state index in [4.69, 9.17) is 5.26 Å². The van der Waals surface area contributed by atoms with Gasteiger partial charge in [0.05, 0.1) is 21.8 Å². The molecule has 0 aliphatic heterocycles. The van der Waals surface area contributed by atoms with E-state index in [9.17, 15) is 4.79 Å². The molecule has 1 N–H and O–H groups in total. The molecule has 0 saturated heterocycles. The quantitative estimate of drug-likeness (QED) is 0.787. The van der Waals surface area contributed by atoms with Crippen molar-refractivity contribution in [2.45, 2.75) is 26.7 Å². The van der Waals surface area contributed by atoms with E-state index in [0.29, 0.717) is 16.8 Å². The van der Waals surface area contributed by atoms with Crippen molar-refractivity contribution in [1.82, 2.24) is 19.6 Å². The number of H-pyrrole nitrogens is 1. The Labute approximate surface area is 124 Å². The third-order valence-corrected chi connectivity index (χ3v) is 4.20. The molecule has 0 radical (unpaired) electrons. The van der Waals surface area contributed by atoms with E-state index in [2.05, 4.69) is 15.1 Å². The smallest absolute Gasteiger partial charge is 0.278 e. The van der Waals surface area contributed by atoms with Gasteiger partial charge in [0.1, 0.15) is 11.6 Å². The van der Waals surface area contributed by atoms with Crippen LogP contribution in [-0.2, 0) is 0 Å². The minimum absolute atomic E-state index is 0.0327. The summed E-state index contributed by atoms with van der Waals surface area (Å²) in [5, 5.41) is 14.1. The molecule has 0 aliphatic rings. The Hall–Kier alpha value is -2.46. The molecule has 0 aromatic carbocycles. The van der Waals surface area contributed by atoms with Crippen molar-refractivity contribution in [3.05, 3.63) is 38.9 Å². The zero-order valence-corrected chi connectivity index (χ0v) is 12.7. The van der Waals surface area contributed by atoms with E-state index in [0.717, 1.165) is 15.6 Å². The van der Waals surface area contributed by atoms with E-state index in [1.807, 2.05) is 26.8 Å². The van der Waals surface area contributed by atoms with Gasteiger partial charge in [-0.2, -0.15) is 14.9 Å². The topological polar surface area (TPSA) is 86.8 Å². The Morgan fingerprint density at radius 2 is 2.19 bits per heavy atom. The molecule has 0 fully saturated rings. The monoisotopic (exact) mass is 299 g/mol. The first kappa shape index (κ1) is 13.5. The third kappa shape index (κ3) is 2.04. The lowest BCUT2D eigenvalue weighted by atomic mass is 10.0. The van der Waals surface area contributed by atoms with Gasteiger partial charge in [0.2, 0.25) is 0 Å². The molecule has 0 amide bonds. The molecule has 0 bridgehead atoms. The van der Waals surface area contributed by atoms with Crippen LogP contribution in [0, 0.1) is 18.3 Å². The zero-order valence-electron chi connectivity index (χ0n) is 11.8. The third-order valence-electron chi connectivity index (χ3n) is 3.27.